The molecule has 0 bridgehead atoms. The van der Waals surface area contributed by atoms with Crippen LogP contribution >= 0.6 is 0 Å². The van der Waals surface area contributed by atoms with Crippen LogP contribution in [0.1, 0.15) is 6.42 Å². The van der Waals surface area contributed by atoms with Gasteiger partial charge in [0, 0.05) is 23.4 Å². The summed E-state index contributed by atoms with van der Waals surface area (Å²) >= 11 is 0. The molecule has 22 heavy (non-hydrogen) atoms. The molecular formula is C17H17NO4. The zero-order chi connectivity index (χ0) is 15.7. The molecule has 0 fully saturated rings. The number of fused-ring (bicyclic) bond motifs is 1. The summed E-state index contributed by atoms with van der Waals surface area (Å²) in [5.74, 6) is -1.31. The van der Waals surface area contributed by atoms with Gasteiger partial charge in [-0.3, -0.25) is 0 Å². The molecule has 5 heteroatoms. The van der Waals surface area contributed by atoms with E-state index in [9.17, 15) is 20.1 Å². The molecule has 3 aliphatic rings. The minimum Gasteiger partial charge on any atom is -0.478 e. The Morgan fingerprint density at radius 2 is 2.09 bits per heavy atom. The lowest BCUT2D eigenvalue weighted by atomic mass is 9.86. The number of aliphatic carboxylic acids is 1. The Morgan fingerprint density at radius 3 is 2.77 bits per heavy atom. The van der Waals surface area contributed by atoms with Crippen molar-refractivity contribution in [3.05, 3.63) is 71.7 Å². The van der Waals surface area contributed by atoms with Gasteiger partial charge in [0.15, 0.2) is 6.23 Å². The maximum Gasteiger partial charge on any atom is 0.336 e. The second-order valence-corrected chi connectivity index (χ2v) is 5.38. The maximum atomic E-state index is 11.4. The van der Waals surface area contributed by atoms with Crippen molar-refractivity contribution >= 4 is 5.97 Å². The standard InChI is InChI=1S/C17H17NO4/c19-15(11-6-2-1-3-7-11)12-10-13(17(21)22)16(20)18-9-5-4-8-14(12)18/h1-6,8-11,15-16,19-20H,7H2,(H,21,22). The molecule has 5 nitrogen and oxygen atoms in total. The van der Waals surface area contributed by atoms with Gasteiger partial charge in [0.05, 0.1) is 11.7 Å². The van der Waals surface area contributed by atoms with Crippen LogP contribution < -0.4 is 0 Å². The first-order chi connectivity index (χ1) is 10.6. The van der Waals surface area contributed by atoms with Crippen molar-refractivity contribution in [2.24, 2.45) is 5.92 Å². The van der Waals surface area contributed by atoms with E-state index in [1.54, 1.807) is 24.4 Å². The number of carboxylic acids is 1. The smallest absolute Gasteiger partial charge is 0.336 e. The fourth-order valence-electron chi connectivity index (χ4n) is 2.85. The summed E-state index contributed by atoms with van der Waals surface area (Å²) < 4.78 is 0. The van der Waals surface area contributed by atoms with Gasteiger partial charge in [0.25, 0.3) is 0 Å². The summed E-state index contributed by atoms with van der Waals surface area (Å²) in [6.07, 6.45) is 14.5. The maximum absolute atomic E-state index is 11.4. The fourth-order valence-corrected chi connectivity index (χ4v) is 2.85. The van der Waals surface area contributed by atoms with Crippen molar-refractivity contribution in [3.8, 4) is 0 Å². The Kier molecular flexibility index (Phi) is 3.83. The number of hydrogen-bond acceptors (Lipinski definition) is 4. The Balaban J connectivity index is 2.03. The largest absolute Gasteiger partial charge is 0.478 e. The van der Waals surface area contributed by atoms with Crippen molar-refractivity contribution in [2.75, 3.05) is 0 Å². The van der Waals surface area contributed by atoms with Gasteiger partial charge in [-0.1, -0.05) is 30.4 Å². The number of hydrogen-bond donors (Lipinski definition) is 3. The first kappa shape index (κ1) is 14.6. The first-order valence-corrected chi connectivity index (χ1v) is 7.11. The Morgan fingerprint density at radius 1 is 1.27 bits per heavy atom. The van der Waals surface area contributed by atoms with Gasteiger partial charge in [-0.25, -0.2) is 4.79 Å². The molecule has 2 heterocycles. The topological polar surface area (TPSA) is 81.0 Å². The third-order valence-corrected chi connectivity index (χ3v) is 4.02. The lowest BCUT2D eigenvalue weighted by Crippen LogP contribution is -2.40. The number of rotatable bonds is 3. The predicted octanol–water partition coefficient (Wildman–Crippen LogP) is 1.46. The highest BCUT2D eigenvalue weighted by atomic mass is 16.4. The van der Waals surface area contributed by atoms with Crippen molar-refractivity contribution in [3.63, 3.8) is 0 Å². The van der Waals surface area contributed by atoms with E-state index < -0.39 is 18.3 Å². The summed E-state index contributed by atoms with van der Waals surface area (Å²) in [5.41, 5.74) is 0.983. The average molecular weight is 299 g/mol. The molecule has 0 radical (unpaired) electrons. The van der Waals surface area contributed by atoms with Crippen molar-refractivity contribution < 1.29 is 20.1 Å². The molecule has 114 valence electrons. The van der Waals surface area contributed by atoms with E-state index >= 15 is 0 Å². The van der Waals surface area contributed by atoms with Crippen LogP contribution in [0.25, 0.3) is 0 Å². The van der Waals surface area contributed by atoms with Crippen LogP contribution in [0.15, 0.2) is 71.7 Å². The molecule has 1 aliphatic carbocycles. The quantitative estimate of drug-likeness (QED) is 0.735. The summed E-state index contributed by atoms with van der Waals surface area (Å²) in [4.78, 5) is 12.8. The molecule has 0 aromatic heterocycles. The normalized spacial score (nSPS) is 27.7. The minimum absolute atomic E-state index is 0.116. The van der Waals surface area contributed by atoms with Gasteiger partial charge in [-0.15, -0.1) is 0 Å². The molecule has 3 rings (SSSR count). The van der Waals surface area contributed by atoms with Gasteiger partial charge < -0.3 is 20.2 Å². The highest BCUT2D eigenvalue weighted by Gasteiger charge is 2.34. The van der Waals surface area contributed by atoms with E-state index in [1.807, 2.05) is 24.3 Å². The summed E-state index contributed by atoms with van der Waals surface area (Å²) in [7, 11) is 0. The van der Waals surface area contributed by atoms with Gasteiger partial charge in [0.1, 0.15) is 0 Å². The Labute approximate surface area is 128 Å². The molecular weight excluding hydrogens is 282 g/mol. The highest BCUT2D eigenvalue weighted by molar-refractivity contribution is 5.89. The number of allylic oxidation sites excluding steroid dienone is 6. The van der Waals surface area contributed by atoms with Crippen LogP contribution in [0.3, 0.4) is 0 Å². The van der Waals surface area contributed by atoms with E-state index in [0.29, 0.717) is 17.7 Å². The van der Waals surface area contributed by atoms with Crippen molar-refractivity contribution in [1.82, 2.24) is 4.90 Å². The van der Waals surface area contributed by atoms with E-state index in [1.165, 1.54) is 11.0 Å². The molecule has 3 N–H and O–H groups in total. The Bertz CT molecular complexity index is 666. The van der Waals surface area contributed by atoms with Gasteiger partial charge in [-0.2, -0.15) is 0 Å². The SMILES string of the molecule is O=C(O)C1=CC(C(O)C2C=CC=CC2)=C2C=CC=CN2C1O. The molecule has 0 saturated heterocycles. The van der Waals surface area contributed by atoms with Crippen LogP contribution in [-0.2, 0) is 4.79 Å². The highest BCUT2D eigenvalue weighted by Crippen LogP contribution is 2.33. The molecule has 0 aromatic carbocycles. The second kappa shape index (κ2) is 5.79. The Hall–Kier alpha value is -2.37. The molecule has 0 aromatic rings. The van der Waals surface area contributed by atoms with Gasteiger partial charge >= 0.3 is 5.97 Å². The van der Waals surface area contributed by atoms with Crippen molar-refractivity contribution in [1.29, 1.82) is 0 Å². The zero-order valence-corrected chi connectivity index (χ0v) is 11.8. The summed E-state index contributed by atoms with van der Waals surface area (Å²) in [5, 5.41) is 30.2. The van der Waals surface area contributed by atoms with Crippen LogP contribution in [0.2, 0.25) is 0 Å². The average Bonchev–Trinajstić information content (AvgIpc) is 2.55. The number of aliphatic hydroxyl groups is 2. The van der Waals surface area contributed by atoms with Crippen LogP contribution in [-0.4, -0.2) is 38.5 Å². The molecule has 0 amide bonds. The van der Waals surface area contributed by atoms with Gasteiger partial charge in [-0.05, 0) is 24.6 Å². The number of nitrogens with zero attached hydrogens (tertiary/aromatic N) is 1. The third kappa shape index (κ3) is 2.45. The van der Waals surface area contributed by atoms with E-state index in [4.69, 9.17) is 0 Å². The molecule has 0 spiro atoms. The third-order valence-electron chi connectivity index (χ3n) is 4.02. The molecule has 3 unspecified atom stereocenters. The van der Waals surface area contributed by atoms with E-state index in [-0.39, 0.29) is 11.5 Å². The van der Waals surface area contributed by atoms with Crippen LogP contribution in [0.5, 0.6) is 0 Å². The lowest BCUT2D eigenvalue weighted by molar-refractivity contribution is -0.134. The zero-order valence-electron chi connectivity index (χ0n) is 11.8. The lowest BCUT2D eigenvalue weighted by Gasteiger charge is -2.36. The van der Waals surface area contributed by atoms with Crippen LogP contribution in [0, 0.1) is 5.92 Å². The van der Waals surface area contributed by atoms with Gasteiger partial charge in [0.2, 0.25) is 0 Å². The van der Waals surface area contributed by atoms with E-state index in [0.717, 1.165) is 0 Å². The number of carbonyl (C=O) groups is 1. The fraction of sp³-hybridized carbons (Fsp3) is 0.235. The first-order valence-electron chi connectivity index (χ1n) is 7.11. The molecule has 3 atom stereocenters. The summed E-state index contributed by atoms with van der Waals surface area (Å²) in [6.45, 7) is 0. The van der Waals surface area contributed by atoms with Crippen LogP contribution in [0.4, 0.5) is 0 Å². The predicted molar refractivity (Wildman–Crippen MR) is 81.3 cm³/mol. The molecule has 2 aliphatic heterocycles. The number of carboxylic acid groups (broad SMARTS) is 1. The summed E-state index contributed by atoms with van der Waals surface area (Å²) in [6, 6.07) is 0. The minimum atomic E-state index is -1.26. The monoisotopic (exact) mass is 299 g/mol. The van der Waals surface area contributed by atoms with Crippen molar-refractivity contribution in [2.45, 2.75) is 18.8 Å². The number of aliphatic hydroxyl groups excluding tert-OH is 2. The van der Waals surface area contributed by atoms with E-state index in [2.05, 4.69) is 0 Å². The second-order valence-electron chi connectivity index (χ2n) is 5.38. The molecule has 0 saturated carbocycles.